The van der Waals surface area contributed by atoms with E-state index in [-0.39, 0.29) is 31.0 Å². The van der Waals surface area contributed by atoms with Crippen LogP contribution in [-0.2, 0) is 30.5 Å². The van der Waals surface area contributed by atoms with Gasteiger partial charge in [-0.2, -0.15) is 18.2 Å². The van der Waals surface area contributed by atoms with Crippen molar-refractivity contribution in [1.82, 2.24) is 20.2 Å². The summed E-state index contributed by atoms with van der Waals surface area (Å²) in [4.78, 5) is 21.6. The van der Waals surface area contributed by atoms with E-state index in [0.29, 0.717) is 47.5 Å². The molecule has 1 atom stereocenters. The zero-order valence-electron chi connectivity index (χ0n) is 30.6. The number of ether oxygens (including phenoxy) is 3. The summed E-state index contributed by atoms with van der Waals surface area (Å²) in [5.74, 6) is -0.722. The van der Waals surface area contributed by atoms with Crippen molar-refractivity contribution in [2.24, 2.45) is 5.92 Å². The van der Waals surface area contributed by atoms with Crippen LogP contribution in [0, 0.1) is 5.92 Å². The maximum Gasteiger partial charge on any atom is 0.421 e. The monoisotopic (exact) mass is 768 g/mol. The maximum absolute atomic E-state index is 14.4. The fourth-order valence-corrected chi connectivity index (χ4v) is 7.82. The molecule has 1 saturated carbocycles. The number of rotatable bonds is 15. The number of hydrogen-bond acceptors (Lipinski definition) is 9. The molecule has 2 aromatic carbocycles. The fourth-order valence-electron chi connectivity index (χ4n) is 7.49. The van der Waals surface area contributed by atoms with Gasteiger partial charge in [0.25, 0.3) is 0 Å². The van der Waals surface area contributed by atoms with Crippen molar-refractivity contribution in [3.05, 3.63) is 87.4 Å². The molecule has 54 heavy (non-hydrogen) atoms. The topological polar surface area (TPSA) is 126 Å². The normalized spacial score (nSPS) is 19.4. The molecule has 2 aromatic heterocycles. The van der Waals surface area contributed by atoms with Crippen molar-refractivity contribution in [2.45, 2.75) is 70.0 Å². The Balaban J connectivity index is 1.24. The molecule has 14 heteroatoms. The number of halogens is 4. The number of nitrogens with one attached hydrogen (secondary N) is 1. The van der Waals surface area contributed by atoms with Crippen molar-refractivity contribution in [3.63, 3.8) is 0 Å². The highest BCUT2D eigenvalue weighted by atomic mass is 35.5. The van der Waals surface area contributed by atoms with Gasteiger partial charge < -0.3 is 34.6 Å². The van der Waals surface area contributed by atoms with Crippen molar-refractivity contribution in [1.29, 1.82) is 0 Å². The molecule has 0 aliphatic heterocycles. The van der Waals surface area contributed by atoms with E-state index < -0.39 is 35.3 Å². The minimum atomic E-state index is -4.77. The molecule has 288 valence electrons. The molecule has 3 N–H and O–H groups in total. The van der Waals surface area contributed by atoms with E-state index in [2.05, 4.69) is 10.3 Å². The number of aliphatic carboxylic acids is 1. The number of aliphatic hydroxyl groups is 1. The van der Waals surface area contributed by atoms with Gasteiger partial charge in [-0.25, -0.2) is 4.98 Å². The first-order valence-electron chi connectivity index (χ1n) is 17.8. The molecule has 10 nitrogen and oxygen atoms in total. The van der Waals surface area contributed by atoms with Crippen LogP contribution in [0.5, 0.6) is 17.6 Å². The molecular weight excluding hydrogens is 725 g/mol. The number of methoxy groups -OCH3 is 2. The number of hydrogen-bond donors (Lipinski definition) is 3. The van der Waals surface area contributed by atoms with Gasteiger partial charge in [0.1, 0.15) is 11.7 Å². The first-order valence-corrected chi connectivity index (χ1v) is 18.2. The number of carboxylic acid groups (broad SMARTS) is 1. The second-order valence-corrected chi connectivity index (χ2v) is 14.7. The predicted molar refractivity (Wildman–Crippen MR) is 198 cm³/mol. The number of pyridine rings is 2. The van der Waals surface area contributed by atoms with Crippen LogP contribution < -0.4 is 19.5 Å². The molecule has 0 bridgehead atoms. The van der Waals surface area contributed by atoms with Crippen molar-refractivity contribution < 1.29 is 42.4 Å². The summed E-state index contributed by atoms with van der Waals surface area (Å²) in [6.45, 7) is 3.34. The Morgan fingerprint density at radius 1 is 1.00 bits per heavy atom. The van der Waals surface area contributed by atoms with Crippen LogP contribution in [0.2, 0.25) is 5.02 Å². The van der Waals surface area contributed by atoms with Gasteiger partial charge in [-0.3, -0.25) is 4.79 Å². The number of benzene rings is 2. The molecule has 1 fully saturated rings. The molecule has 0 saturated heterocycles. The second kappa shape index (κ2) is 16.1. The van der Waals surface area contributed by atoms with E-state index in [9.17, 15) is 23.1 Å². The van der Waals surface area contributed by atoms with E-state index in [0.717, 1.165) is 53.3 Å². The lowest BCUT2D eigenvalue weighted by atomic mass is 9.72. The van der Waals surface area contributed by atoms with E-state index >= 15 is 0 Å². The van der Waals surface area contributed by atoms with Crippen LogP contribution in [-0.4, -0.2) is 71.0 Å². The number of fused-ring (bicyclic) bond motifs is 1. The van der Waals surface area contributed by atoms with E-state index in [1.54, 1.807) is 19.1 Å². The number of carboxylic acids is 1. The Hall–Kier alpha value is -4.43. The van der Waals surface area contributed by atoms with Crippen LogP contribution in [0.15, 0.2) is 54.6 Å². The summed E-state index contributed by atoms with van der Waals surface area (Å²) >= 11 is 7.11. The Morgan fingerprint density at radius 2 is 1.69 bits per heavy atom. The zero-order chi connectivity index (χ0) is 38.8. The van der Waals surface area contributed by atoms with Crippen LogP contribution in [0.4, 0.5) is 13.2 Å². The lowest BCUT2D eigenvalue weighted by molar-refractivity contribution is -0.140. The number of aromatic nitrogens is 2. The average molecular weight is 769 g/mol. The molecule has 4 aromatic rings. The molecule has 0 amide bonds. The molecule has 2 aliphatic rings. The first-order chi connectivity index (χ1) is 25.7. The first kappa shape index (κ1) is 39.3. The average Bonchev–Trinajstić information content (AvgIpc) is 3.53. The SMILES string of the molecule is COc1nc(-c2cccc(-c3cccc4c3CC[C@@H]4Oc3nc(OC)c(CN(C)CCC(=O)O)cc3C(F)(F)F)c2Cl)ccc1CNCC1CC(C)(O)C1. The van der Waals surface area contributed by atoms with Crippen LogP contribution in [0.3, 0.4) is 0 Å². The van der Waals surface area contributed by atoms with E-state index in [4.69, 9.17) is 35.9 Å². The van der Waals surface area contributed by atoms with Gasteiger partial charge in [0.05, 0.1) is 37.0 Å². The summed E-state index contributed by atoms with van der Waals surface area (Å²) < 4.78 is 60.4. The van der Waals surface area contributed by atoms with E-state index in [1.807, 2.05) is 55.5 Å². The summed E-state index contributed by atoms with van der Waals surface area (Å²) in [6, 6.07) is 16.1. The van der Waals surface area contributed by atoms with Gasteiger partial charge in [-0.1, -0.05) is 54.1 Å². The summed E-state index contributed by atoms with van der Waals surface area (Å²) in [5.41, 5.74) is 4.02. The molecule has 2 heterocycles. The van der Waals surface area contributed by atoms with Gasteiger partial charge in [0.2, 0.25) is 17.6 Å². The van der Waals surface area contributed by atoms with Gasteiger partial charge in [-0.05, 0) is 80.9 Å². The van der Waals surface area contributed by atoms with Crippen LogP contribution in [0.1, 0.15) is 66.5 Å². The number of carbonyl (C=O) groups is 1. The Kier molecular flexibility index (Phi) is 11.7. The predicted octanol–water partition coefficient (Wildman–Crippen LogP) is 7.72. The van der Waals surface area contributed by atoms with Gasteiger partial charge in [0, 0.05) is 41.9 Å². The third-order valence-electron chi connectivity index (χ3n) is 10.0. The molecule has 0 spiro atoms. The molecule has 0 unspecified atom stereocenters. The van der Waals surface area contributed by atoms with Crippen molar-refractivity contribution in [2.75, 3.05) is 34.4 Å². The molecule has 6 rings (SSSR count). The molecule has 2 aliphatic carbocycles. The smallest absolute Gasteiger partial charge is 0.421 e. The quantitative estimate of drug-likeness (QED) is 0.111. The highest BCUT2D eigenvalue weighted by Gasteiger charge is 2.39. The molecular formula is C40H44ClF3N4O6. The largest absolute Gasteiger partial charge is 0.481 e. The number of nitrogens with zero attached hydrogens (tertiary/aromatic N) is 3. The lowest BCUT2D eigenvalue weighted by Crippen LogP contribution is -2.44. The Bertz CT molecular complexity index is 2000. The lowest BCUT2D eigenvalue weighted by Gasteiger charge is -2.41. The van der Waals surface area contributed by atoms with Gasteiger partial charge in [0.15, 0.2) is 0 Å². The Labute approximate surface area is 317 Å². The standard InChI is InChI=1S/C40H44ClF3N4O6/c1-39(51)18-23(19-39)20-45-21-24-11-13-32(46-36(24)52-3)30-10-6-9-29(35(30)41)26-7-5-8-28-27(26)12-14-33(28)54-38-31(40(42,43)44)17-25(37(47-38)53-4)22-48(2)16-15-34(49)50/h5-11,13,17,23,33,45,51H,12,14-16,18-22H2,1-4H3,(H,49,50)/t23?,33-,39?/m0/s1. The van der Waals surface area contributed by atoms with Crippen molar-refractivity contribution in [3.8, 4) is 40.0 Å². The highest BCUT2D eigenvalue weighted by Crippen LogP contribution is 2.46. The van der Waals surface area contributed by atoms with Gasteiger partial charge in [-0.15, -0.1) is 0 Å². The third kappa shape index (κ3) is 8.75. The second-order valence-electron chi connectivity index (χ2n) is 14.3. The van der Waals surface area contributed by atoms with Gasteiger partial charge >= 0.3 is 12.1 Å². The number of alkyl halides is 3. The van der Waals surface area contributed by atoms with Crippen LogP contribution >= 0.6 is 11.6 Å². The summed E-state index contributed by atoms with van der Waals surface area (Å²) in [5, 5.41) is 22.9. The fraction of sp³-hybridized carbons (Fsp3) is 0.425. The van der Waals surface area contributed by atoms with E-state index in [1.165, 1.54) is 7.11 Å². The highest BCUT2D eigenvalue weighted by molar-refractivity contribution is 6.36. The summed E-state index contributed by atoms with van der Waals surface area (Å²) in [6.07, 6.45) is -3.15. The molecule has 0 radical (unpaired) electrons. The zero-order valence-corrected chi connectivity index (χ0v) is 31.4. The third-order valence-corrected chi connectivity index (χ3v) is 10.5. The summed E-state index contributed by atoms with van der Waals surface area (Å²) in [7, 11) is 4.50. The maximum atomic E-state index is 14.4. The Morgan fingerprint density at radius 3 is 2.37 bits per heavy atom. The minimum Gasteiger partial charge on any atom is -0.481 e. The minimum absolute atomic E-state index is 0.00197. The van der Waals surface area contributed by atoms with Crippen molar-refractivity contribution >= 4 is 17.6 Å². The van der Waals surface area contributed by atoms with Crippen LogP contribution in [0.25, 0.3) is 22.4 Å².